The first-order valence-electron chi connectivity index (χ1n) is 7.00. The van der Waals surface area contributed by atoms with Crippen molar-refractivity contribution in [1.82, 2.24) is 15.1 Å². The highest BCUT2D eigenvalue weighted by Crippen LogP contribution is 2.13. The van der Waals surface area contributed by atoms with Crippen LogP contribution in [-0.4, -0.2) is 62.0 Å². The summed E-state index contributed by atoms with van der Waals surface area (Å²) >= 11 is 0. The molecule has 1 aliphatic rings. The summed E-state index contributed by atoms with van der Waals surface area (Å²) in [6.45, 7) is 5.68. The Morgan fingerprint density at radius 3 is 2.90 bits per heavy atom. The predicted octanol–water partition coefficient (Wildman–Crippen LogP) is 0.553. The van der Waals surface area contributed by atoms with Gasteiger partial charge in [0.15, 0.2) is 0 Å². The van der Waals surface area contributed by atoms with E-state index in [0.717, 1.165) is 25.2 Å². The van der Waals surface area contributed by atoms with E-state index in [0.29, 0.717) is 23.8 Å². The van der Waals surface area contributed by atoms with Gasteiger partial charge in [-0.05, 0) is 33.2 Å². The van der Waals surface area contributed by atoms with Crippen LogP contribution >= 0.6 is 0 Å². The van der Waals surface area contributed by atoms with Gasteiger partial charge in [-0.3, -0.25) is 9.69 Å². The van der Waals surface area contributed by atoms with Gasteiger partial charge in [0, 0.05) is 37.9 Å². The van der Waals surface area contributed by atoms with E-state index in [-0.39, 0.29) is 5.91 Å². The molecule has 5 nitrogen and oxygen atoms in total. The maximum Gasteiger partial charge on any atom is 0.253 e. The molecule has 0 aliphatic carbocycles. The maximum absolute atomic E-state index is 12.2. The van der Waals surface area contributed by atoms with E-state index in [2.05, 4.69) is 29.2 Å². The molecule has 0 bridgehead atoms. The van der Waals surface area contributed by atoms with Crippen molar-refractivity contribution in [3.05, 3.63) is 29.3 Å². The van der Waals surface area contributed by atoms with Gasteiger partial charge < -0.3 is 16.0 Å². The molecule has 1 atom stereocenters. The largest absolute Gasteiger partial charge is 0.398 e. The summed E-state index contributed by atoms with van der Waals surface area (Å²) in [5, 5.41) is 3.00. The highest BCUT2D eigenvalue weighted by atomic mass is 16.1. The number of amides is 1. The van der Waals surface area contributed by atoms with Gasteiger partial charge in [0.05, 0.1) is 5.56 Å². The van der Waals surface area contributed by atoms with E-state index >= 15 is 0 Å². The van der Waals surface area contributed by atoms with E-state index in [9.17, 15) is 4.79 Å². The molecule has 1 unspecified atom stereocenters. The topological polar surface area (TPSA) is 61.6 Å². The van der Waals surface area contributed by atoms with Gasteiger partial charge >= 0.3 is 0 Å². The van der Waals surface area contributed by atoms with Crippen molar-refractivity contribution >= 4 is 11.6 Å². The third kappa shape index (κ3) is 3.49. The van der Waals surface area contributed by atoms with Gasteiger partial charge in [-0.1, -0.05) is 11.6 Å². The van der Waals surface area contributed by atoms with Gasteiger partial charge in [0.25, 0.3) is 5.91 Å². The van der Waals surface area contributed by atoms with Crippen molar-refractivity contribution < 1.29 is 4.79 Å². The van der Waals surface area contributed by atoms with Crippen LogP contribution < -0.4 is 11.1 Å². The fourth-order valence-corrected chi connectivity index (χ4v) is 2.49. The smallest absolute Gasteiger partial charge is 0.253 e. The summed E-state index contributed by atoms with van der Waals surface area (Å²) < 4.78 is 0. The van der Waals surface area contributed by atoms with E-state index in [1.54, 1.807) is 6.07 Å². The van der Waals surface area contributed by atoms with Gasteiger partial charge in [0.1, 0.15) is 0 Å². The van der Waals surface area contributed by atoms with Crippen LogP contribution in [0.4, 0.5) is 5.69 Å². The fraction of sp³-hybridized carbons (Fsp3) is 0.533. The number of hydrogen-bond donors (Lipinski definition) is 2. The molecule has 1 aromatic carbocycles. The molecule has 0 radical (unpaired) electrons. The van der Waals surface area contributed by atoms with E-state index in [1.165, 1.54) is 0 Å². The number of nitrogens with two attached hydrogens (primary N) is 1. The Hall–Kier alpha value is -1.59. The number of anilines is 1. The van der Waals surface area contributed by atoms with Crippen LogP contribution in [-0.2, 0) is 0 Å². The summed E-state index contributed by atoms with van der Waals surface area (Å²) in [5.41, 5.74) is 8.01. The number of likely N-dealkylation sites (N-methyl/N-ethyl adjacent to an activating group) is 2. The van der Waals surface area contributed by atoms with Gasteiger partial charge in [0.2, 0.25) is 0 Å². The molecule has 110 valence electrons. The van der Waals surface area contributed by atoms with Crippen molar-refractivity contribution in [2.75, 3.05) is 46.0 Å². The average Bonchev–Trinajstić information content (AvgIpc) is 2.42. The number of benzene rings is 1. The summed E-state index contributed by atoms with van der Waals surface area (Å²) in [4.78, 5) is 16.8. The number of aryl methyl sites for hydroxylation is 1. The lowest BCUT2D eigenvalue weighted by Gasteiger charge is -2.37. The van der Waals surface area contributed by atoms with Crippen molar-refractivity contribution in [3.63, 3.8) is 0 Å². The third-order valence-corrected chi connectivity index (χ3v) is 3.93. The number of carbonyl (C=O) groups is 1. The van der Waals surface area contributed by atoms with Crippen molar-refractivity contribution in [2.24, 2.45) is 0 Å². The second kappa shape index (κ2) is 6.24. The second-order valence-electron chi connectivity index (χ2n) is 5.70. The standard InChI is InChI=1S/C15H24N4O/c1-11-4-5-14(16)13(8-11)15(20)17-9-12-10-18(2)6-7-19(12)3/h4-5,8,12H,6-7,9-10,16H2,1-3H3,(H,17,20). The second-order valence-corrected chi connectivity index (χ2v) is 5.70. The van der Waals surface area contributed by atoms with Gasteiger partial charge in [-0.2, -0.15) is 0 Å². The molecule has 1 amide bonds. The first-order chi connectivity index (χ1) is 9.47. The van der Waals surface area contributed by atoms with E-state index in [4.69, 9.17) is 5.73 Å². The molecule has 0 saturated carbocycles. The predicted molar refractivity (Wildman–Crippen MR) is 81.8 cm³/mol. The van der Waals surface area contributed by atoms with Crippen LogP contribution in [0.15, 0.2) is 18.2 Å². The summed E-state index contributed by atoms with van der Waals surface area (Å²) in [5.74, 6) is -0.0900. The fourth-order valence-electron chi connectivity index (χ4n) is 2.49. The molecule has 1 saturated heterocycles. The number of rotatable bonds is 3. The van der Waals surface area contributed by atoms with Crippen LogP contribution in [0.5, 0.6) is 0 Å². The van der Waals surface area contributed by atoms with Gasteiger partial charge in [-0.25, -0.2) is 0 Å². The molecule has 0 spiro atoms. The zero-order valence-electron chi connectivity index (χ0n) is 12.5. The quantitative estimate of drug-likeness (QED) is 0.792. The lowest BCUT2D eigenvalue weighted by molar-refractivity contribution is 0.0882. The highest BCUT2D eigenvalue weighted by Gasteiger charge is 2.22. The van der Waals surface area contributed by atoms with Crippen LogP contribution in [0.3, 0.4) is 0 Å². The molecule has 1 aromatic rings. The number of nitrogen functional groups attached to an aromatic ring is 1. The van der Waals surface area contributed by atoms with Crippen molar-refractivity contribution in [1.29, 1.82) is 0 Å². The Morgan fingerprint density at radius 2 is 2.15 bits per heavy atom. The van der Waals surface area contributed by atoms with E-state index in [1.807, 2.05) is 19.1 Å². The highest BCUT2D eigenvalue weighted by molar-refractivity contribution is 5.99. The monoisotopic (exact) mass is 276 g/mol. The molecule has 1 fully saturated rings. The minimum Gasteiger partial charge on any atom is -0.398 e. The SMILES string of the molecule is Cc1ccc(N)c(C(=O)NCC2CN(C)CCN2C)c1. The van der Waals surface area contributed by atoms with Crippen molar-refractivity contribution in [3.8, 4) is 0 Å². The number of nitrogens with one attached hydrogen (secondary N) is 1. The van der Waals surface area contributed by atoms with Crippen molar-refractivity contribution in [2.45, 2.75) is 13.0 Å². The third-order valence-electron chi connectivity index (χ3n) is 3.93. The minimum absolute atomic E-state index is 0.0900. The molecule has 3 N–H and O–H groups in total. The summed E-state index contributed by atoms with van der Waals surface area (Å²) in [6, 6.07) is 5.88. The van der Waals surface area contributed by atoms with Crippen LogP contribution in [0, 0.1) is 6.92 Å². The molecule has 20 heavy (non-hydrogen) atoms. The van der Waals surface area contributed by atoms with E-state index < -0.39 is 0 Å². The molecular formula is C15H24N4O. The molecule has 0 aromatic heterocycles. The lowest BCUT2D eigenvalue weighted by Crippen LogP contribution is -2.54. The Labute approximate surface area is 120 Å². The molecular weight excluding hydrogens is 252 g/mol. The zero-order valence-corrected chi connectivity index (χ0v) is 12.5. The van der Waals surface area contributed by atoms with Gasteiger partial charge in [-0.15, -0.1) is 0 Å². The number of piperazine rings is 1. The normalized spacial score (nSPS) is 20.9. The zero-order chi connectivity index (χ0) is 14.7. The number of carbonyl (C=O) groups excluding carboxylic acids is 1. The number of hydrogen-bond acceptors (Lipinski definition) is 4. The molecule has 1 aliphatic heterocycles. The molecule has 5 heteroatoms. The minimum atomic E-state index is -0.0900. The Balaban J connectivity index is 1.96. The summed E-state index contributed by atoms with van der Waals surface area (Å²) in [7, 11) is 4.21. The Kier molecular flexibility index (Phi) is 4.62. The first kappa shape index (κ1) is 14.8. The Morgan fingerprint density at radius 1 is 1.40 bits per heavy atom. The lowest BCUT2D eigenvalue weighted by atomic mass is 10.1. The van der Waals surface area contributed by atoms with Crippen LogP contribution in [0.2, 0.25) is 0 Å². The van der Waals surface area contributed by atoms with Crippen LogP contribution in [0.25, 0.3) is 0 Å². The summed E-state index contributed by atoms with van der Waals surface area (Å²) in [6.07, 6.45) is 0. The van der Waals surface area contributed by atoms with Crippen LogP contribution in [0.1, 0.15) is 15.9 Å². The average molecular weight is 276 g/mol. The molecule has 2 rings (SSSR count). The maximum atomic E-state index is 12.2. The molecule has 1 heterocycles. The first-order valence-corrected chi connectivity index (χ1v) is 7.00. The Bertz CT molecular complexity index is 489. The number of nitrogens with zero attached hydrogens (tertiary/aromatic N) is 2.